The first-order valence-electron chi connectivity index (χ1n) is 8.36. The van der Waals surface area contributed by atoms with Crippen molar-refractivity contribution in [1.29, 1.82) is 0 Å². The predicted molar refractivity (Wildman–Crippen MR) is 119 cm³/mol. The average molecular weight is 426 g/mol. The monoisotopic (exact) mass is 425 g/mol. The molecule has 8 heteroatoms. The molecule has 2 aromatic heterocycles. The molecule has 0 fully saturated rings. The summed E-state index contributed by atoms with van der Waals surface area (Å²) >= 11 is 8.12. The summed E-state index contributed by atoms with van der Waals surface area (Å²) in [5.41, 5.74) is 2.86. The van der Waals surface area contributed by atoms with E-state index in [9.17, 15) is 9.90 Å². The van der Waals surface area contributed by atoms with Gasteiger partial charge in [-0.15, -0.1) is 22.7 Å². The molecule has 0 unspecified atom stereocenters. The zero-order valence-corrected chi connectivity index (χ0v) is 17.2. The first-order valence-corrected chi connectivity index (χ1v) is 10.5. The second-order valence-electron chi connectivity index (χ2n) is 6.06. The number of aryl methyl sites for hydroxylation is 1. The van der Waals surface area contributed by atoms with Crippen LogP contribution in [0.15, 0.2) is 53.9 Å². The summed E-state index contributed by atoms with van der Waals surface area (Å²) < 4.78 is 1.05. The van der Waals surface area contributed by atoms with E-state index >= 15 is 0 Å². The number of nitrogens with zero attached hydrogens (tertiary/aromatic N) is 1. The summed E-state index contributed by atoms with van der Waals surface area (Å²) in [4.78, 5) is 17.3. The van der Waals surface area contributed by atoms with Crippen molar-refractivity contribution in [3.05, 3.63) is 64.4 Å². The summed E-state index contributed by atoms with van der Waals surface area (Å²) in [6.45, 7) is 1.81. The molecular weight excluding hydrogens is 410 g/mol. The highest BCUT2D eigenvalue weighted by atomic mass is 32.1. The number of carbonyl (C=O) groups is 1. The molecule has 2 heterocycles. The fraction of sp³-hybridized carbons (Fsp3) is 0.0500. The molecule has 2 aromatic carbocycles. The Hall–Kier alpha value is -2.81. The van der Waals surface area contributed by atoms with Crippen LogP contribution in [-0.2, 0) is 0 Å². The number of hydrogen-bond donors (Lipinski definition) is 3. The van der Waals surface area contributed by atoms with Gasteiger partial charge in [-0.05, 0) is 60.4 Å². The number of para-hydroxylation sites is 1. The number of phenols is 1. The van der Waals surface area contributed by atoms with E-state index in [1.165, 1.54) is 22.7 Å². The lowest BCUT2D eigenvalue weighted by Crippen LogP contribution is -2.33. The van der Waals surface area contributed by atoms with Gasteiger partial charge >= 0.3 is 0 Å². The molecule has 0 bridgehead atoms. The van der Waals surface area contributed by atoms with E-state index in [4.69, 9.17) is 12.2 Å². The number of aromatic nitrogens is 1. The zero-order chi connectivity index (χ0) is 19.7. The normalized spacial score (nSPS) is 10.8. The van der Waals surface area contributed by atoms with Gasteiger partial charge in [-0.1, -0.05) is 18.2 Å². The Morgan fingerprint density at radius 2 is 2.00 bits per heavy atom. The van der Waals surface area contributed by atoms with Crippen LogP contribution in [0.4, 0.5) is 5.69 Å². The number of amides is 1. The van der Waals surface area contributed by atoms with E-state index in [2.05, 4.69) is 15.6 Å². The fourth-order valence-electron chi connectivity index (χ4n) is 2.74. The highest BCUT2D eigenvalue weighted by Crippen LogP contribution is 2.38. The molecule has 0 saturated carbocycles. The summed E-state index contributed by atoms with van der Waals surface area (Å²) in [5.74, 6) is -0.0763. The zero-order valence-electron chi connectivity index (χ0n) is 14.7. The maximum absolute atomic E-state index is 12.1. The molecule has 1 amide bonds. The topological polar surface area (TPSA) is 74.2 Å². The van der Waals surface area contributed by atoms with Gasteiger partial charge in [-0.3, -0.25) is 10.1 Å². The number of nitrogens with one attached hydrogen (secondary N) is 2. The van der Waals surface area contributed by atoms with Gasteiger partial charge in [0.1, 0.15) is 10.8 Å². The van der Waals surface area contributed by atoms with E-state index in [-0.39, 0.29) is 16.8 Å². The third kappa shape index (κ3) is 3.75. The molecule has 0 atom stereocenters. The van der Waals surface area contributed by atoms with Crippen LogP contribution in [0.5, 0.6) is 5.75 Å². The highest BCUT2D eigenvalue weighted by molar-refractivity contribution is 7.80. The van der Waals surface area contributed by atoms with Crippen molar-refractivity contribution in [3.8, 4) is 16.3 Å². The highest BCUT2D eigenvalue weighted by Gasteiger charge is 2.15. The van der Waals surface area contributed by atoms with E-state index in [1.54, 1.807) is 18.2 Å². The second kappa shape index (κ2) is 7.67. The molecule has 0 radical (unpaired) electrons. The lowest BCUT2D eigenvalue weighted by atomic mass is 10.1. The molecule has 5 nitrogen and oxygen atoms in total. The largest absolute Gasteiger partial charge is 0.507 e. The van der Waals surface area contributed by atoms with Crippen molar-refractivity contribution in [2.45, 2.75) is 6.92 Å². The van der Waals surface area contributed by atoms with Crippen molar-refractivity contribution < 1.29 is 9.90 Å². The summed E-state index contributed by atoms with van der Waals surface area (Å²) in [6.07, 6.45) is 0. The minimum absolute atomic E-state index is 0.179. The molecule has 4 aromatic rings. The quantitative estimate of drug-likeness (QED) is 0.312. The van der Waals surface area contributed by atoms with E-state index < -0.39 is 0 Å². The number of thiophene rings is 1. The molecule has 0 spiro atoms. The number of rotatable bonds is 3. The number of thiocarbonyl (C=S) groups is 1. The molecule has 0 aliphatic heterocycles. The van der Waals surface area contributed by atoms with Gasteiger partial charge in [0.2, 0.25) is 0 Å². The van der Waals surface area contributed by atoms with Gasteiger partial charge in [0, 0.05) is 5.69 Å². The fourth-order valence-corrected chi connectivity index (χ4v) is 4.55. The molecule has 3 N–H and O–H groups in total. The summed E-state index contributed by atoms with van der Waals surface area (Å²) in [6, 6.07) is 14.9. The lowest BCUT2D eigenvalue weighted by molar-refractivity contribution is 0.0981. The van der Waals surface area contributed by atoms with Gasteiger partial charge in [0.05, 0.1) is 20.7 Å². The van der Waals surface area contributed by atoms with Crippen LogP contribution in [0.3, 0.4) is 0 Å². The molecular formula is C20H15N3O2S3. The van der Waals surface area contributed by atoms with E-state index in [1.807, 2.05) is 42.6 Å². The smallest absolute Gasteiger partial charge is 0.267 e. The summed E-state index contributed by atoms with van der Waals surface area (Å²) in [7, 11) is 0. The number of thiazole rings is 1. The van der Waals surface area contributed by atoms with Crippen LogP contribution in [0.2, 0.25) is 0 Å². The Kier molecular flexibility index (Phi) is 5.08. The maximum atomic E-state index is 12.1. The molecule has 28 heavy (non-hydrogen) atoms. The van der Waals surface area contributed by atoms with Crippen molar-refractivity contribution in [3.63, 3.8) is 0 Å². The number of aromatic hydroxyl groups is 1. The maximum Gasteiger partial charge on any atom is 0.267 e. The number of anilines is 1. The van der Waals surface area contributed by atoms with Crippen molar-refractivity contribution in [2.75, 3.05) is 5.32 Å². The van der Waals surface area contributed by atoms with E-state index in [0.29, 0.717) is 21.7 Å². The number of carbonyl (C=O) groups excluding carboxylic acids is 1. The van der Waals surface area contributed by atoms with Gasteiger partial charge in [-0.25, -0.2) is 4.98 Å². The van der Waals surface area contributed by atoms with Crippen molar-refractivity contribution >= 4 is 61.8 Å². The number of fused-ring (bicyclic) bond motifs is 1. The van der Waals surface area contributed by atoms with Crippen LogP contribution in [0.1, 0.15) is 15.2 Å². The molecule has 0 aliphatic carbocycles. The van der Waals surface area contributed by atoms with Gasteiger partial charge in [-0.2, -0.15) is 0 Å². The first-order chi connectivity index (χ1) is 13.5. The minimum atomic E-state index is -0.255. The summed E-state index contributed by atoms with van der Waals surface area (Å²) in [5, 5.41) is 19.0. The average Bonchev–Trinajstić information content (AvgIpc) is 3.33. The number of hydrogen-bond acceptors (Lipinski definition) is 6. The second-order valence-corrected chi connectivity index (χ2v) is 8.45. The van der Waals surface area contributed by atoms with Crippen LogP contribution in [-0.4, -0.2) is 21.1 Å². The minimum Gasteiger partial charge on any atom is -0.507 e. The van der Waals surface area contributed by atoms with Gasteiger partial charge in [0.15, 0.2) is 5.11 Å². The Labute approximate surface area is 174 Å². The Morgan fingerprint density at radius 1 is 1.18 bits per heavy atom. The Bertz CT molecular complexity index is 1150. The van der Waals surface area contributed by atoms with Crippen LogP contribution < -0.4 is 10.6 Å². The number of phenolic OH excluding ortho intramolecular Hbond substituents is 1. The standard InChI is InChI=1S/C20H15N3O2S3/c1-11-9-12(21-20(26)23-18(25)16-7-4-8-27-16)10-13(17(11)24)19-22-14-5-2-3-6-15(14)28-19/h2-10,24H,1H3,(H2,21,23,25,26). The van der Waals surface area contributed by atoms with Gasteiger partial charge in [0.25, 0.3) is 5.91 Å². The third-order valence-corrected chi connectivity index (χ3v) is 6.20. The molecule has 0 aliphatic rings. The van der Waals surface area contributed by atoms with Crippen LogP contribution in [0, 0.1) is 6.92 Å². The molecule has 0 saturated heterocycles. The van der Waals surface area contributed by atoms with Crippen LogP contribution in [0.25, 0.3) is 20.8 Å². The SMILES string of the molecule is Cc1cc(NC(=S)NC(=O)c2cccs2)cc(-c2nc3ccccc3s2)c1O. The first kappa shape index (κ1) is 18.5. The molecule has 140 valence electrons. The Morgan fingerprint density at radius 3 is 2.75 bits per heavy atom. The van der Waals surface area contributed by atoms with Crippen molar-refractivity contribution in [1.82, 2.24) is 10.3 Å². The Balaban J connectivity index is 1.60. The number of benzene rings is 2. The lowest BCUT2D eigenvalue weighted by Gasteiger charge is -2.12. The third-order valence-electron chi connectivity index (χ3n) is 4.05. The van der Waals surface area contributed by atoms with Crippen LogP contribution >= 0.6 is 34.9 Å². The predicted octanol–water partition coefficient (Wildman–Crippen LogP) is 5.17. The molecule has 4 rings (SSSR count). The van der Waals surface area contributed by atoms with Gasteiger partial charge < -0.3 is 10.4 Å². The van der Waals surface area contributed by atoms with Crippen molar-refractivity contribution in [2.24, 2.45) is 0 Å². The van der Waals surface area contributed by atoms with E-state index in [0.717, 1.165) is 15.2 Å².